The number of aryl methyl sites for hydroxylation is 3. The zero-order chi connectivity index (χ0) is 13.3. The molecule has 3 nitrogen and oxygen atoms in total. The summed E-state index contributed by atoms with van der Waals surface area (Å²) >= 11 is 11.9. The Morgan fingerprint density at radius 2 is 1.67 bits per heavy atom. The normalized spacial score (nSPS) is 10.5. The average Bonchev–Trinajstić information content (AvgIpc) is 2.29. The Morgan fingerprint density at radius 1 is 1.00 bits per heavy atom. The van der Waals surface area contributed by atoms with Gasteiger partial charge in [-0.05, 0) is 44.5 Å². The average molecular weight is 283 g/mol. The lowest BCUT2D eigenvalue weighted by Gasteiger charge is -2.10. The van der Waals surface area contributed by atoms with Crippen LogP contribution in [0.2, 0.25) is 10.2 Å². The molecular formula is C13H12Cl2N2O. The van der Waals surface area contributed by atoms with E-state index in [-0.39, 0.29) is 5.15 Å². The van der Waals surface area contributed by atoms with E-state index in [0.717, 1.165) is 17.0 Å². The molecule has 0 bridgehead atoms. The van der Waals surface area contributed by atoms with Gasteiger partial charge in [0.05, 0.1) is 11.4 Å². The van der Waals surface area contributed by atoms with Crippen molar-refractivity contribution in [3.63, 3.8) is 0 Å². The third-order valence-corrected chi connectivity index (χ3v) is 3.06. The van der Waals surface area contributed by atoms with E-state index in [1.807, 2.05) is 26.8 Å². The molecule has 0 aliphatic carbocycles. The van der Waals surface area contributed by atoms with Crippen molar-refractivity contribution in [1.82, 2.24) is 9.97 Å². The summed E-state index contributed by atoms with van der Waals surface area (Å²) in [5, 5.41) is 0.921. The van der Waals surface area contributed by atoms with Crippen molar-refractivity contribution < 1.29 is 4.74 Å². The number of aromatic nitrogens is 2. The number of nitrogens with zero attached hydrogens (tertiary/aromatic N) is 2. The van der Waals surface area contributed by atoms with Gasteiger partial charge in [0.1, 0.15) is 5.75 Å². The summed E-state index contributed by atoms with van der Waals surface area (Å²) in [5.74, 6) is 0.976. The zero-order valence-electron chi connectivity index (χ0n) is 10.3. The predicted octanol–water partition coefficient (Wildman–Crippen LogP) is 4.50. The summed E-state index contributed by atoms with van der Waals surface area (Å²) in [5.41, 5.74) is 2.50. The largest absolute Gasteiger partial charge is 0.436 e. The quantitative estimate of drug-likeness (QED) is 0.813. The highest BCUT2D eigenvalue weighted by atomic mass is 35.5. The molecule has 0 N–H and O–H groups in total. The maximum Gasteiger partial charge on any atom is 0.257 e. The van der Waals surface area contributed by atoms with Gasteiger partial charge in [-0.3, -0.25) is 0 Å². The number of hydrogen-bond acceptors (Lipinski definition) is 3. The summed E-state index contributed by atoms with van der Waals surface area (Å²) < 4.78 is 5.67. The zero-order valence-corrected chi connectivity index (χ0v) is 11.8. The van der Waals surface area contributed by atoms with Crippen molar-refractivity contribution in [1.29, 1.82) is 0 Å². The van der Waals surface area contributed by atoms with Gasteiger partial charge in [-0.25, -0.2) is 9.97 Å². The van der Waals surface area contributed by atoms with E-state index in [1.165, 1.54) is 0 Å². The van der Waals surface area contributed by atoms with Crippen molar-refractivity contribution in [3.8, 4) is 11.6 Å². The molecular weight excluding hydrogens is 271 g/mol. The van der Waals surface area contributed by atoms with Crippen LogP contribution in [0.5, 0.6) is 11.6 Å². The molecule has 1 aromatic heterocycles. The Kier molecular flexibility index (Phi) is 3.73. The highest BCUT2D eigenvalue weighted by Crippen LogP contribution is 2.30. The number of halogens is 2. The summed E-state index contributed by atoms with van der Waals surface area (Å²) in [6, 6.07) is 5.36. The first-order valence-electron chi connectivity index (χ1n) is 5.42. The standard InChI is InChI=1S/C13H12Cl2N2O/c1-7-6-10(14)4-5-11(7)18-13-12(15)16-8(2)9(3)17-13/h4-6H,1-3H3. The van der Waals surface area contributed by atoms with Crippen LogP contribution in [-0.2, 0) is 0 Å². The molecule has 2 aromatic rings. The molecule has 0 atom stereocenters. The molecule has 5 heteroatoms. The third kappa shape index (κ3) is 2.74. The van der Waals surface area contributed by atoms with E-state index in [4.69, 9.17) is 27.9 Å². The minimum absolute atomic E-state index is 0.257. The van der Waals surface area contributed by atoms with Crippen molar-refractivity contribution in [2.45, 2.75) is 20.8 Å². The number of ether oxygens (including phenoxy) is 1. The van der Waals surface area contributed by atoms with E-state index in [1.54, 1.807) is 12.1 Å². The van der Waals surface area contributed by atoms with Crippen molar-refractivity contribution in [2.24, 2.45) is 0 Å². The van der Waals surface area contributed by atoms with Crippen LogP contribution < -0.4 is 4.74 Å². The van der Waals surface area contributed by atoms with E-state index in [2.05, 4.69) is 9.97 Å². The lowest BCUT2D eigenvalue weighted by Crippen LogP contribution is -1.98. The second-order valence-corrected chi connectivity index (χ2v) is 4.80. The van der Waals surface area contributed by atoms with E-state index < -0.39 is 0 Å². The fourth-order valence-corrected chi connectivity index (χ4v) is 1.89. The van der Waals surface area contributed by atoms with Crippen LogP contribution in [0.15, 0.2) is 18.2 Å². The molecule has 94 valence electrons. The van der Waals surface area contributed by atoms with Crippen LogP contribution in [0.25, 0.3) is 0 Å². The highest BCUT2D eigenvalue weighted by Gasteiger charge is 2.10. The fourth-order valence-electron chi connectivity index (χ4n) is 1.45. The molecule has 18 heavy (non-hydrogen) atoms. The number of benzene rings is 1. The molecule has 0 unspecified atom stereocenters. The minimum Gasteiger partial charge on any atom is -0.436 e. The first-order chi connectivity index (χ1) is 8.47. The van der Waals surface area contributed by atoms with Gasteiger partial charge in [-0.1, -0.05) is 23.2 Å². The van der Waals surface area contributed by atoms with Gasteiger partial charge in [0.25, 0.3) is 5.88 Å². The van der Waals surface area contributed by atoms with Gasteiger partial charge in [0, 0.05) is 5.02 Å². The maximum atomic E-state index is 6.01. The van der Waals surface area contributed by atoms with Crippen LogP contribution >= 0.6 is 23.2 Å². The Balaban J connectivity index is 2.37. The van der Waals surface area contributed by atoms with Gasteiger partial charge in [0.2, 0.25) is 0 Å². The smallest absolute Gasteiger partial charge is 0.257 e. The molecule has 0 saturated carbocycles. The monoisotopic (exact) mass is 282 g/mol. The fraction of sp³-hybridized carbons (Fsp3) is 0.231. The SMILES string of the molecule is Cc1cc(Cl)ccc1Oc1nc(C)c(C)nc1Cl. The second-order valence-electron chi connectivity index (χ2n) is 4.00. The summed E-state index contributed by atoms with van der Waals surface area (Å²) in [4.78, 5) is 8.45. The Morgan fingerprint density at radius 3 is 2.33 bits per heavy atom. The minimum atomic E-state index is 0.257. The molecule has 0 aliphatic rings. The summed E-state index contributed by atoms with van der Waals surface area (Å²) in [7, 11) is 0. The van der Waals surface area contributed by atoms with Crippen LogP contribution in [0.4, 0.5) is 0 Å². The van der Waals surface area contributed by atoms with E-state index in [9.17, 15) is 0 Å². The molecule has 2 rings (SSSR count). The number of hydrogen-bond donors (Lipinski definition) is 0. The first kappa shape index (κ1) is 13.1. The van der Waals surface area contributed by atoms with Crippen LogP contribution in [-0.4, -0.2) is 9.97 Å². The second kappa shape index (κ2) is 5.12. The van der Waals surface area contributed by atoms with Gasteiger partial charge < -0.3 is 4.74 Å². The van der Waals surface area contributed by atoms with Crippen molar-refractivity contribution in [3.05, 3.63) is 45.3 Å². The first-order valence-corrected chi connectivity index (χ1v) is 6.17. The van der Waals surface area contributed by atoms with Gasteiger partial charge >= 0.3 is 0 Å². The molecule has 1 aromatic carbocycles. The molecule has 1 heterocycles. The van der Waals surface area contributed by atoms with Gasteiger partial charge in [0.15, 0.2) is 5.15 Å². The molecule has 0 saturated heterocycles. The maximum absolute atomic E-state index is 6.01. The molecule has 0 spiro atoms. The van der Waals surface area contributed by atoms with Crippen LogP contribution in [0.1, 0.15) is 17.0 Å². The van der Waals surface area contributed by atoms with Crippen molar-refractivity contribution >= 4 is 23.2 Å². The van der Waals surface area contributed by atoms with E-state index in [0.29, 0.717) is 16.7 Å². The van der Waals surface area contributed by atoms with E-state index >= 15 is 0 Å². The highest BCUT2D eigenvalue weighted by molar-refractivity contribution is 6.31. The Hall–Kier alpha value is -1.32. The number of rotatable bonds is 2. The summed E-state index contributed by atoms with van der Waals surface area (Å²) in [6.07, 6.45) is 0. The molecule has 0 fully saturated rings. The molecule has 0 radical (unpaired) electrons. The third-order valence-electron chi connectivity index (χ3n) is 2.58. The predicted molar refractivity (Wildman–Crippen MR) is 72.8 cm³/mol. The summed E-state index contributed by atoms with van der Waals surface area (Å²) in [6.45, 7) is 5.62. The van der Waals surface area contributed by atoms with Gasteiger partial charge in [-0.15, -0.1) is 0 Å². The topological polar surface area (TPSA) is 35.0 Å². The van der Waals surface area contributed by atoms with Crippen LogP contribution in [0, 0.1) is 20.8 Å². The lowest BCUT2D eigenvalue weighted by atomic mass is 10.2. The van der Waals surface area contributed by atoms with Crippen molar-refractivity contribution in [2.75, 3.05) is 0 Å². The van der Waals surface area contributed by atoms with Crippen LogP contribution in [0.3, 0.4) is 0 Å². The molecule has 0 aliphatic heterocycles. The van der Waals surface area contributed by atoms with Gasteiger partial charge in [-0.2, -0.15) is 0 Å². The Labute approximate surface area is 116 Å². The lowest BCUT2D eigenvalue weighted by molar-refractivity contribution is 0.455. The molecule has 0 amide bonds. The Bertz CT molecular complexity index is 600.